The van der Waals surface area contributed by atoms with Crippen molar-refractivity contribution < 1.29 is 19.5 Å². The van der Waals surface area contributed by atoms with Gasteiger partial charge in [-0.1, -0.05) is 36.4 Å². The van der Waals surface area contributed by atoms with E-state index in [2.05, 4.69) is 5.32 Å². The van der Waals surface area contributed by atoms with Crippen molar-refractivity contribution in [1.82, 2.24) is 4.90 Å². The van der Waals surface area contributed by atoms with Gasteiger partial charge >= 0.3 is 5.97 Å². The van der Waals surface area contributed by atoms with Crippen molar-refractivity contribution in [2.75, 3.05) is 18.4 Å². The molecule has 1 amide bonds. The monoisotopic (exact) mass is 450 g/mol. The smallest absolute Gasteiger partial charge is 0.303 e. The van der Waals surface area contributed by atoms with Crippen LogP contribution < -0.4 is 11.1 Å². The van der Waals surface area contributed by atoms with E-state index in [0.29, 0.717) is 48.3 Å². The fourth-order valence-electron chi connectivity index (χ4n) is 4.12. The van der Waals surface area contributed by atoms with Gasteiger partial charge in [-0.15, -0.1) is 0 Å². The number of carbonyl (C=O) groups is 3. The summed E-state index contributed by atoms with van der Waals surface area (Å²) in [6, 6.07) is 13.6. The number of nitrogens with one attached hydrogen (secondary N) is 2. The van der Waals surface area contributed by atoms with Gasteiger partial charge in [0.15, 0.2) is 5.78 Å². The Kier molecular flexibility index (Phi) is 7.16. The van der Waals surface area contributed by atoms with Gasteiger partial charge in [-0.05, 0) is 44.7 Å². The highest BCUT2D eigenvalue weighted by atomic mass is 16.4. The van der Waals surface area contributed by atoms with Crippen LogP contribution in [0.1, 0.15) is 54.6 Å². The van der Waals surface area contributed by atoms with Crippen LogP contribution in [0.5, 0.6) is 0 Å². The minimum atomic E-state index is -0.964. The first-order valence-corrected chi connectivity index (χ1v) is 11.0. The molecule has 1 fully saturated rings. The van der Waals surface area contributed by atoms with Gasteiger partial charge in [0.05, 0.1) is 0 Å². The lowest BCUT2D eigenvalue weighted by molar-refractivity contribution is -0.139. The van der Waals surface area contributed by atoms with Crippen LogP contribution in [0.15, 0.2) is 48.5 Å². The lowest BCUT2D eigenvalue weighted by atomic mass is 9.91. The Labute approximate surface area is 193 Å². The quantitative estimate of drug-likeness (QED) is 0.277. The fourth-order valence-corrected chi connectivity index (χ4v) is 4.12. The molecule has 5 N–H and O–H groups in total. The molecule has 1 aliphatic rings. The highest BCUT2D eigenvalue weighted by Crippen LogP contribution is 2.27. The summed E-state index contributed by atoms with van der Waals surface area (Å²) in [5.41, 5.74) is 6.51. The summed E-state index contributed by atoms with van der Waals surface area (Å²) in [4.78, 5) is 39.1. The summed E-state index contributed by atoms with van der Waals surface area (Å²) >= 11 is 0. The molecule has 8 nitrogen and oxygen atoms in total. The fraction of sp³-hybridized carbons (Fsp3) is 0.360. The Morgan fingerprint density at radius 1 is 1.06 bits per heavy atom. The average molecular weight is 451 g/mol. The van der Waals surface area contributed by atoms with Crippen molar-refractivity contribution >= 4 is 29.2 Å². The molecule has 3 rings (SSSR count). The van der Waals surface area contributed by atoms with Crippen LogP contribution in [0.2, 0.25) is 0 Å². The molecule has 33 heavy (non-hydrogen) atoms. The summed E-state index contributed by atoms with van der Waals surface area (Å²) in [7, 11) is 0. The Morgan fingerprint density at radius 3 is 2.21 bits per heavy atom. The Bertz CT molecular complexity index is 1050. The van der Waals surface area contributed by atoms with Gasteiger partial charge in [0.25, 0.3) is 0 Å². The molecule has 0 aromatic heterocycles. The molecule has 1 aliphatic heterocycles. The summed E-state index contributed by atoms with van der Waals surface area (Å²) in [6.07, 6.45) is 1.46. The van der Waals surface area contributed by atoms with E-state index >= 15 is 0 Å². The van der Waals surface area contributed by atoms with Crippen molar-refractivity contribution in [3.63, 3.8) is 0 Å². The predicted octanol–water partition coefficient (Wildman–Crippen LogP) is 3.11. The zero-order valence-corrected chi connectivity index (χ0v) is 18.9. The van der Waals surface area contributed by atoms with Gasteiger partial charge < -0.3 is 21.1 Å². The minimum absolute atomic E-state index is 0.0664. The number of carboxylic acids is 1. The lowest BCUT2D eigenvalue weighted by Crippen LogP contribution is -2.52. The second kappa shape index (κ2) is 9.85. The van der Waals surface area contributed by atoms with Gasteiger partial charge in [0, 0.05) is 41.9 Å². The van der Waals surface area contributed by atoms with E-state index in [1.807, 2.05) is 0 Å². The van der Waals surface area contributed by atoms with Gasteiger partial charge in [0.1, 0.15) is 11.4 Å². The van der Waals surface area contributed by atoms with E-state index in [-0.39, 0.29) is 29.9 Å². The summed E-state index contributed by atoms with van der Waals surface area (Å²) in [6.45, 7) is 4.60. The molecule has 174 valence electrons. The number of benzene rings is 2. The van der Waals surface area contributed by atoms with E-state index in [0.717, 1.165) is 0 Å². The number of carbonyl (C=O) groups excluding carboxylic acids is 2. The molecule has 8 heteroatoms. The van der Waals surface area contributed by atoms with Crippen molar-refractivity contribution in [1.29, 1.82) is 5.41 Å². The number of hydrogen-bond donors (Lipinski definition) is 4. The number of rotatable bonds is 8. The van der Waals surface area contributed by atoms with Gasteiger partial charge in [-0.3, -0.25) is 19.8 Å². The van der Waals surface area contributed by atoms with Crippen LogP contribution in [0.3, 0.4) is 0 Å². The van der Waals surface area contributed by atoms with E-state index in [1.165, 1.54) is 0 Å². The number of nitrogen functional groups attached to an aromatic ring is 1. The highest BCUT2D eigenvalue weighted by molar-refractivity contribution is 6.13. The number of piperidine rings is 1. The third-order valence-electron chi connectivity index (χ3n) is 5.98. The molecule has 2 aromatic carbocycles. The van der Waals surface area contributed by atoms with E-state index < -0.39 is 11.5 Å². The molecule has 0 saturated carbocycles. The molecular weight excluding hydrogens is 420 g/mol. The summed E-state index contributed by atoms with van der Waals surface area (Å²) in [5, 5.41) is 19.7. The number of hydrogen-bond acceptors (Lipinski definition) is 5. The average Bonchev–Trinajstić information content (AvgIpc) is 2.78. The van der Waals surface area contributed by atoms with Crippen LogP contribution in [0, 0.1) is 11.3 Å². The highest BCUT2D eigenvalue weighted by Gasteiger charge is 2.35. The number of likely N-dealkylation sites (tertiary alicyclic amines) is 1. The topological polar surface area (TPSA) is 137 Å². The molecule has 0 aliphatic carbocycles. The van der Waals surface area contributed by atoms with E-state index in [4.69, 9.17) is 16.2 Å². The molecule has 1 saturated heterocycles. The van der Waals surface area contributed by atoms with E-state index in [9.17, 15) is 14.4 Å². The molecule has 0 bridgehead atoms. The number of carboxylic acid groups (broad SMARTS) is 1. The Morgan fingerprint density at radius 2 is 1.64 bits per heavy atom. The van der Waals surface area contributed by atoms with Crippen molar-refractivity contribution in [2.45, 2.75) is 38.6 Å². The van der Waals surface area contributed by atoms with Crippen molar-refractivity contribution in [2.24, 2.45) is 11.7 Å². The maximum Gasteiger partial charge on any atom is 0.303 e. The predicted molar refractivity (Wildman–Crippen MR) is 127 cm³/mol. The normalized spacial score (nSPS) is 14.5. The maximum absolute atomic E-state index is 13.2. The third kappa shape index (κ3) is 5.77. The standard InChI is InChI=1S/C25H30N4O4/c1-25(2,24(33)29-13-11-16(12-14-29)15-21(30)31)28-20-6-4-3-5-19(20)22(32)17-7-9-18(10-8-17)23(26)27/h3-10,16,28H,11-15H2,1-2H3,(H3,26,27)(H,30,31). The van der Waals surface area contributed by atoms with Crippen LogP contribution in [0.4, 0.5) is 5.69 Å². The molecule has 2 aromatic rings. The number of anilines is 1. The first-order chi connectivity index (χ1) is 15.6. The largest absolute Gasteiger partial charge is 0.481 e. The zero-order valence-electron chi connectivity index (χ0n) is 18.9. The zero-order chi connectivity index (χ0) is 24.2. The number of amidine groups is 1. The summed E-state index contributed by atoms with van der Waals surface area (Å²) in [5.74, 6) is -1.08. The molecular formula is C25H30N4O4. The van der Waals surface area contributed by atoms with Crippen LogP contribution in [0.25, 0.3) is 0 Å². The van der Waals surface area contributed by atoms with Crippen molar-refractivity contribution in [3.05, 3.63) is 65.2 Å². The SMILES string of the molecule is CC(C)(Nc1ccccc1C(=O)c1ccc(C(=N)N)cc1)C(=O)N1CCC(CC(=O)O)CC1. The second-order valence-electron chi connectivity index (χ2n) is 8.95. The number of aliphatic carboxylic acids is 1. The van der Waals surface area contributed by atoms with Gasteiger partial charge in [-0.2, -0.15) is 0 Å². The number of nitrogens with zero attached hydrogens (tertiary/aromatic N) is 1. The van der Waals surface area contributed by atoms with Gasteiger partial charge in [0.2, 0.25) is 5.91 Å². The summed E-state index contributed by atoms with van der Waals surface area (Å²) < 4.78 is 0. The van der Waals surface area contributed by atoms with Crippen molar-refractivity contribution in [3.8, 4) is 0 Å². The Balaban J connectivity index is 1.74. The Hall–Kier alpha value is -3.68. The van der Waals surface area contributed by atoms with Crippen LogP contribution >= 0.6 is 0 Å². The number of para-hydroxylation sites is 1. The second-order valence-corrected chi connectivity index (χ2v) is 8.95. The molecule has 0 atom stereocenters. The van der Waals surface area contributed by atoms with E-state index in [1.54, 1.807) is 67.3 Å². The number of amides is 1. The molecule has 1 heterocycles. The third-order valence-corrected chi connectivity index (χ3v) is 5.98. The lowest BCUT2D eigenvalue weighted by Gasteiger charge is -2.37. The molecule has 0 unspecified atom stereocenters. The first-order valence-electron chi connectivity index (χ1n) is 11.0. The van der Waals surface area contributed by atoms with Crippen LogP contribution in [-0.2, 0) is 9.59 Å². The maximum atomic E-state index is 13.2. The van der Waals surface area contributed by atoms with Crippen LogP contribution in [-0.4, -0.2) is 52.1 Å². The van der Waals surface area contributed by atoms with Gasteiger partial charge in [-0.25, -0.2) is 0 Å². The minimum Gasteiger partial charge on any atom is -0.481 e. The molecule has 0 spiro atoms. The first kappa shape index (κ1) is 24.0. The number of ketones is 1. The molecule has 0 radical (unpaired) electrons. The number of nitrogens with two attached hydrogens (primary N) is 1.